The highest BCUT2D eigenvalue weighted by Gasteiger charge is 2.06. The van der Waals surface area contributed by atoms with Gasteiger partial charge in [-0.2, -0.15) is 5.10 Å². The first-order chi connectivity index (χ1) is 13.1. The third kappa shape index (κ3) is 5.58. The molecule has 1 heterocycles. The Morgan fingerprint density at radius 2 is 1.85 bits per heavy atom. The van der Waals surface area contributed by atoms with Gasteiger partial charge in [0.2, 0.25) is 5.91 Å². The fraction of sp³-hybridized carbons (Fsp3) is 0.0500. The Labute approximate surface area is 160 Å². The molecule has 0 fully saturated rings. The number of anilines is 1. The second kappa shape index (κ2) is 8.86. The van der Waals surface area contributed by atoms with Gasteiger partial charge in [-0.25, -0.2) is 5.43 Å². The number of carbonyl (C=O) groups excluding carboxylic acids is 2. The average molecular weight is 379 g/mol. The second-order valence-electron chi connectivity index (χ2n) is 5.53. The average Bonchev–Trinajstić information content (AvgIpc) is 3.09. The van der Waals surface area contributed by atoms with E-state index in [9.17, 15) is 9.59 Å². The minimum atomic E-state index is -0.385. The van der Waals surface area contributed by atoms with Crippen molar-refractivity contribution in [3.63, 3.8) is 0 Å². The third-order valence-electron chi connectivity index (χ3n) is 3.37. The molecule has 0 aliphatic rings. The van der Waals surface area contributed by atoms with E-state index in [1.807, 2.05) is 36.4 Å². The summed E-state index contributed by atoms with van der Waals surface area (Å²) in [5, 5.41) is 7.28. The lowest BCUT2D eigenvalue weighted by molar-refractivity contribution is -0.114. The van der Waals surface area contributed by atoms with Crippen LogP contribution in [0.25, 0.3) is 0 Å². The topological polar surface area (TPSA) is 83.7 Å². The Kier molecular flexibility index (Phi) is 6.06. The van der Waals surface area contributed by atoms with Gasteiger partial charge in [-0.1, -0.05) is 36.0 Å². The molecule has 27 heavy (non-hydrogen) atoms. The van der Waals surface area contributed by atoms with E-state index in [0.717, 1.165) is 9.99 Å². The summed E-state index contributed by atoms with van der Waals surface area (Å²) in [6.45, 7) is 1.41. The predicted octanol–water partition coefficient (Wildman–Crippen LogP) is 4.15. The van der Waals surface area contributed by atoms with Gasteiger partial charge in [0.05, 0.1) is 6.21 Å². The number of hydrogen-bond acceptors (Lipinski definition) is 5. The lowest BCUT2D eigenvalue weighted by atomic mass is 10.2. The van der Waals surface area contributed by atoms with Crippen LogP contribution in [0.3, 0.4) is 0 Å². The predicted molar refractivity (Wildman–Crippen MR) is 105 cm³/mol. The van der Waals surface area contributed by atoms with Crippen molar-refractivity contribution in [3.05, 3.63) is 78.1 Å². The summed E-state index contributed by atoms with van der Waals surface area (Å²) in [6, 6.07) is 20.1. The summed E-state index contributed by atoms with van der Waals surface area (Å²) in [5.74, 6) is -0.0582. The van der Waals surface area contributed by atoms with Crippen LogP contribution in [0.5, 0.6) is 0 Å². The fourth-order valence-corrected chi connectivity index (χ4v) is 3.02. The van der Waals surface area contributed by atoms with E-state index < -0.39 is 0 Å². The zero-order chi connectivity index (χ0) is 19.1. The van der Waals surface area contributed by atoms with Gasteiger partial charge in [0.15, 0.2) is 5.09 Å². The Balaban J connectivity index is 1.57. The molecule has 0 atom stereocenters. The van der Waals surface area contributed by atoms with Crippen LogP contribution in [0.15, 0.2) is 86.2 Å². The molecular weight excluding hydrogens is 362 g/mol. The lowest BCUT2D eigenvalue weighted by Crippen LogP contribution is -2.18. The molecule has 0 bridgehead atoms. The van der Waals surface area contributed by atoms with Crippen LogP contribution >= 0.6 is 11.8 Å². The van der Waals surface area contributed by atoms with Crippen LogP contribution in [0.1, 0.15) is 23.0 Å². The van der Waals surface area contributed by atoms with Crippen LogP contribution in [0.2, 0.25) is 0 Å². The maximum absolute atomic E-state index is 12.1. The van der Waals surface area contributed by atoms with Gasteiger partial charge in [-0.15, -0.1) is 0 Å². The van der Waals surface area contributed by atoms with Crippen molar-refractivity contribution < 1.29 is 14.0 Å². The van der Waals surface area contributed by atoms with E-state index >= 15 is 0 Å². The first-order valence-corrected chi connectivity index (χ1v) is 8.95. The van der Waals surface area contributed by atoms with Crippen LogP contribution in [0.4, 0.5) is 5.69 Å². The standard InChI is InChI=1S/C20H17N3O3S/c1-14(24)22-16-7-5-6-15(12-16)20(25)23-21-13-17-10-11-19(26-17)27-18-8-3-2-4-9-18/h2-13H,1H3,(H,22,24)(H,23,25). The van der Waals surface area contributed by atoms with Crippen molar-refractivity contribution in [1.29, 1.82) is 0 Å². The van der Waals surface area contributed by atoms with Crippen molar-refractivity contribution >= 4 is 35.5 Å². The van der Waals surface area contributed by atoms with Gasteiger partial charge in [0.1, 0.15) is 5.76 Å². The largest absolute Gasteiger partial charge is 0.448 e. The van der Waals surface area contributed by atoms with Gasteiger partial charge >= 0.3 is 0 Å². The number of rotatable bonds is 6. The smallest absolute Gasteiger partial charge is 0.271 e. The quantitative estimate of drug-likeness (QED) is 0.498. The molecule has 0 radical (unpaired) electrons. The first kappa shape index (κ1) is 18.5. The molecule has 136 valence electrons. The van der Waals surface area contributed by atoms with Crippen LogP contribution in [0, 0.1) is 0 Å². The zero-order valence-electron chi connectivity index (χ0n) is 14.5. The molecule has 2 amide bonds. The number of furan rings is 1. The minimum Gasteiger partial charge on any atom is -0.448 e. The summed E-state index contributed by atoms with van der Waals surface area (Å²) in [5.41, 5.74) is 3.37. The first-order valence-electron chi connectivity index (χ1n) is 8.14. The fourth-order valence-electron chi connectivity index (χ4n) is 2.22. The van der Waals surface area contributed by atoms with Gasteiger partial charge in [-0.05, 0) is 42.5 Å². The molecular formula is C20H17N3O3S. The molecule has 2 aromatic carbocycles. The number of nitrogens with one attached hydrogen (secondary N) is 2. The second-order valence-corrected chi connectivity index (χ2v) is 6.61. The van der Waals surface area contributed by atoms with Gasteiger partial charge in [0, 0.05) is 23.1 Å². The number of carbonyl (C=O) groups is 2. The number of hydrogen-bond donors (Lipinski definition) is 2. The minimum absolute atomic E-state index is 0.201. The van der Waals surface area contributed by atoms with E-state index in [2.05, 4.69) is 15.8 Å². The summed E-state index contributed by atoms with van der Waals surface area (Å²) in [6.07, 6.45) is 1.44. The van der Waals surface area contributed by atoms with Gasteiger partial charge in [0.25, 0.3) is 5.91 Å². The highest BCUT2D eigenvalue weighted by atomic mass is 32.2. The zero-order valence-corrected chi connectivity index (χ0v) is 15.3. The molecule has 3 aromatic rings. The molecule has 2 N–H and O–H groups in total. The van der Waals surface area contributed by atoms with Crippen molar-refractivity contribution in [2.45, 2.75) is 16.9 Å². The van der Waals surface area contributed by atoms with Crippen LogP contribution in [-0.4, -0.2) is 18.0 Å². The molecule has 3 rings (SSSR count). The van der Waals surface area contributed by atoms with Gasteiger partial charge < -0.3 is 9.73 Å². The SMILES string of the molecule is CC(=O)Nc1cccc(C(=O)NN=Cc2ccc(Sc3ccccc3)o2)c1. The van der Waals surface area contributed by atoms with Crippen molar-refractivity contribution in [3.8, 4) is 0 Å². The monoisotopic (exact) mass is 379 g/mol. The van der Waals surface area contributed by atoms with E-state index in [-0.39, 0.29) is 11.8 Å². The van der Waals surface area contributed by atoms with Crippen molar-refractivity contribution in [2.75, 3.05) is 5.32 Å². The molecule has 0 aliphatic heterocycles. The highest BCUT2D eigenvalue weighted by Crippen LogP contribution is 2.28. The Bertz CT molecular complexity index is 967. The summed E-state index contributed by atoms with van der Waals surface area (Å²) < 4.78 is 5.65. The summed E-state index contributed by atoms with van der Waals surface area (Å²) in [4.78, 5) is 24.3. The number of amides is 2. The molecule has 7 heteroatoms. The maximum Gasteiger partial charge on any atom is 0.271 e. The van der Waals surface area contributed by atoms with E-state index in [1.165, 1.54) is 24.9 Å². The maximum atomic E-state index is 12.1. The van der Waals surface area contributed by atoms with E-state index in [4.69, 9.17) is 4.42 Å². The molecule has 1 aromatic heterocycles. The molecule has 0 aliphatic carbocycles. The Morgan fingerprint density at radius 1 is 1.04 bits per heavy atom. The van der Waals surface area contributed by atoms with Crippen molar-refractivity contribution in [1.82, 2.24) is 5.43 Å². The van der Waals surface area contributed by atoms with Gasteiger partial charge in [-0.3, -0.25) is 9.59 Å². The summed E-state index contributed by atoms with van der Waals surface area (Å²) in [7, 11) is 0. The number of nitrogens with zero attached hydrogens (tertiary/aromatic N) is 1. The molecule has 0 saturated heterocycles. The Hall–Kier alpha value is -3.32. The van der Waals surface area contributed by atoms with Crippen LogP contribution in [-0.2, 0) is 4.79 Å². The molecule has 0 saturated carbocycles. The Morgan fingerprint density at radius 3 is 2.63 bits per heavy atom. The number of hydrazone groups is 1. The third-order valence-corrected chi connectivity index (χ3v) is 4.30. The molecule has 0 unspecified atom stereocenters. The van der Waals surface area contributed by atoms with Crippen LogP contribution < -0.4 is 10.7 Å². The summed E-state index contributed by atoms with van der Waals surface area (Å²) >= 11 is 1.50. The van der Waals surface area contributed by atoms with Crippen molar-refractivity contribution in [2.24, 2.45) is 5.10 Å². The highest BCUT2D eigenvalue weighted by molar-refractivity contribution is 7.99. The lowest BCUT2D eigenvalue weighted by Gasteiger charge is -2.04. The van der Waals surface area contributed by atoms with E-state index in [0.29, 0.717) is 17.0 Å². The number of benzene rings is 2. The van der Waals surface area contributed by atoms with E-state index in [1.54, 1.807) is 30.3 Å². The normalized spacial score (nSPS) is 10.7. The molecule has 6 nitrogen and oxygen atoms in total. The molecule has 0 spiro atoms.